The Bertz CT molecular complexity index is 144. The second-order valence-electron chi connectivity index (χ2n) is 1.81. The number of carbonyl (C=O) groups is 1. The Labute approximate surface area is 73.9 Å². The van der Waals surface area contributed by atoms with E-state index in [4.69, 9.17) is 0 Å². The molecule has 0 aliphatic heterocycles. The first-order chi connectivity index (χ1) is 5.73. The molecule has 1 rings (SSSR count). The van der Waals surface area contributed by atoms with E-state index in [0.717, 1.165) is 0 Å². The van der Waals surface area contributed by atoms with Crippen molar-refractivity contribution in [1.29, 1.82) is 0 Å². The number of ketones is 1. The molecule has 0 N–H and O–H groups in total. The highest BCUT2D eigenvalue weighted by atomic mass is 16.1. The van der Waals surface area contributed by atoms with Crippen molar-refractivity contribution >= 4 is 5.78 Å². The molecule has 0 amide bonds. The molecule has 0 atom stereocenters. The average molecular weight is 168 g/mol. The molecule has 68 valence electrons. The van der Waals surface area contributed by atoms with Crippen molar-refractivity contribution in [3.8, 4) is 0 Å². The number of Topliss-reactive ketones (excluding diaryl/α,β-unsaturated/α-hetero) is 1. The minimum Gasteiger partial charge on any atom is -0.300 e. The maximum atomic E-state index is 9.44. The molecule has 12 heavy (non-hydrogen) atoms. The van der Waals surface area contributed by atoms with E-state index in [1.165, 1.54) is 20.2 Å². The standard InChI is InChI=1S/C4H4N2.C3H6O.C2H6/c1-2-5-4-6-3-1;1-3(2)4;1-2/h1-4H;1-2H3;1-2H3. The van der Waals surface area contributed by atoms with Gasteiger partial charge in [-0.15, -0.1) is 0 Å². The minimum atomic E-state index is 0.167. The second kappa shape index (κ2) is 12.4. The largest absolute Gasteiger partial charge is 0.300 e. The van der Waals surface area contributed by atoms with Crippen LogP contribution in [0.3, 0.4) is 0 Å². The molecule has 1 aromatic heterocycles. The number of hydrogen-bond acceptors (Lipinski definition) is 3. The highest BCUT2D eigenvalue weighted by molar-refractivity contribution is 5.72. The van der Waals surface area contributed by atoms with Gasteiger partial charge in [-0.25, -0.2) is 9.97 Å². The highest BCUT2D eigenvalue weighted by Crippen LogP contribution is 1.66. The molecular weight excluding hydrogens is 152 g/mol. The van der Waals surface area contributed by atoms with E-state index >= 15 is 0 Å². The van der Waals surface area contributed by atoms with Crippen molar-refractivity contribution in [3.05, 3.63) is 24.8 Å². The summed E-state index contributed by atoms with van der Waals surface area (Å²) in [5.41, 5.74) is 0. The van der Waals surface area contributed by atoms with Gasteiger partial charge in [0.2, 0.25) is 0 Å². The summed E-state index contributed by atoms with van der Waals surface area (Å²) in [4.78, 5) is 16.8. The molecule has 0 spiro atoms. The zero-order chi connectivity index (χ0) is 9.82. The van der Waals surface area contributed by atoms with E-state index in [-0.39, 0.29) is 5.78 Å². The first kappa shape index (κ1) is 13.3. The first-order valence-electron chi connectivity index (χ1n) is 3.90. The van der Waals surface area contributed by atoms with Crippen LogP contribution in [0.2, 0.25) is 0 Å². The van der Waals surface area contributed by atoms with Crippen LogP contribution in [-0.4, -0.2) is 15.8 Å². The normalized spacial score (nSPS) is 6.67. The highest BCUT2D eigenvalue weighted by Gasteiger charge is 1.62. The minimum absolute atomic E-state index is 0.167. The van der Waals surface area contributed by atoms with E-state index in [1.54, 1.807) is 18.5 Å². The summed E-state index contributed by atoms with van der Waals surface area (Å²) in [6.45, 7) is 7.06. The van der Waals surface area contributed by atoms with Gasteiger partial charge in [-0.1, -0.05) is 13.8 Å². The fourth-order valence-electron chi connectivity index (χ4n) is 0.253. The Morgan fingerprint density at radius 2 is 1.42 bits per heavy atom. The third kappa shape index (κ3) is 23.3. The molecule has 0 fully saturated rings. The predicted octanol–water partition coefficient (Wildman–Crippen LogP) is 2.10. The summed E-state index contributed by atoms with van der Waals surface area (Å²) in [5.74, 6) is 0.167. The van der Waals surface area contributed by atoms with Gasteiger partial charge in [-0.05, 0) is 19.9 Å². The fourth-order valence-corrected chi connectivity index (χ4v) is 0.253. The summed E-state index contributed by atoms with van der Waals surface area (Å²) < 4.78 is 0. The lowest BCUT2D eigenvalue weighted by atomic mass is 10.6. The topological polar surface area (TPSA) is 42.9 Å². The molecule has 3 heteroatoms. The van der Waals surface area contributed by atoms with Crippen LogP contribution in [-0.2, 0) is 4.79 Å². The van der Waals surface area contributed by atoms with Crippen LogP contribution in [0.1, 0.15) is 27.7 Å². The zero-order valence-electron chi connectivity index (χ0n) is 8.11. The van der Waals surface area contributed by atoms with Crippen molar-refractivity contribution < 1.29 is 4.79 Å². The van der Waals surface area contributed by atoms with Crippen LogP contribution in [0.15, 0.2) is 24.8 Å². The molecule has 0 bridgehead atoms. The number of rotatable bonds is 0. The van der Waals surface area contributed by atoms with Crippen molar-refractivity contribution in [1.82, 2.24) is 9.97 Å². The van der Waals surface area contributed by atoms with E-state index in [0.29, 0.717) is 0 Å². The van der Waals surface area contributed by atoms with Crippen LogP contribution in [0.25, 0.3) is 0 Å². The van der Waals surface area contributed by atoms with Gasteiger partial charge >= 0.3 is 0 Å². The van der Waals surface area contributed by atoms with Crippen LogP contribution in [0.5, 0.6) is 0 Å². The summed E-state index contributed by atoms with van der Waals surface area (Å²) in [6, 6.07) is 1.78. The summed E-state index contributed by atoms with van der Waals surface area (Å²) in [5, 5.41) is 0. The third-order valence-corrected chi connectivity index (χ3v) is 0.478. The molecular formula is C9H16N2O. The number of nitrogens with zero attached hydrogens (tertiary/aromatic N) is 2. The lowest BCUT2D eigenvalue weighted by molar-refractivity contribution is -0.114. The molecule has 0 aliphatic rings. The molecule has 3 nitrogen and oxygen atoms in total. The van der Waals surface area contributed by atoms with Crippen molar-refractivity contribution in [3.63, 3.8) is 0 Å². The molecule has 0 saturated heterocycles. The first-order valence-corrected chi connectivity index (χ1v) is 3.90. The Morgan fingerprint density at radius 1 is 1.08 bits per heavy atom. The van der Waals surface area contributed by atoms with Gasteiger partial charge in [0.05, 0.1) is 0 Å². The maximum Gasteiger partial charge on any atom is 0.126 e. The molecule has 1 heterocycles. The third-order valence-electron chi connectivity index (χ3n) is 0.478. The Balaban J connectivity index is 0. The maximum absolute atomic E-state index is 9.44. The average Bonchev–Trinajstić information content (AvgIpc) is 2.10. The summed E-state index contributed by atoms with van der Waals surface area (Å²) in [6.07, 6.45) is 4.88. The van der Waals surface area contributed by atoms with Gasteiger partial charge < -0.3 is 4.79 Å². The Kier molecular flexibility index (Phi) is 13.8. The van der Waals surface area contributed by atoms with Gasteiger partial charge in [-0.3, -0.25) is 0 Å². The molecule has 0 aromatic carbocycles. The van der Waals surface area contributed by atoms with E-state index < -0.39 is 0 Å². The van der Waals surface area contributed by atoms with Crippen molar-refractivity contribution in [2.75, 3.05) is 0 Å². The second-order valence-corrected chi connectivity index (χ2v) is 1.81. The van der Waals surface area contributed by atoms with Crippen LogP contribution >= 0.6 is 0 Å². The monoisotopic (exact) mass is 168 g/mol. The quantitative estimate of drug-likeness (QED) is 0.595. The van der Waals surface area contributed by atoms with E-state index in [1.807, 2.05) is 13.8 Å². The Hall–Kier alpha value is -1.25. The molecule has 0 saturated carbocycles. The number of carbonyl (C=O) groups excluding carboxylic acids is 1. The van der Waals surface area contributed by atoms with E-state index in [2.05, 4.69) is 9.97 Å². The molecule has 0 radical (unpaired) electrons. The fraction of sp³-hybridized carbons (Fsp3) is 0.444. The van der Waals surface area contributed by atoms with Gasteiger partial charge in [-0.2, -0.15) is 0 Å². The molecule has 1 aromatic rings. The summed E-state index contributed by atoms with van der Waals surface area (Å²) >= 11 is 0. The number of aromatic nitrogens is 2. The SMILES string of the molecule is CC.CC(C)=O.c1cncnc1. The molecule has 0 aliphatic carbocycles. The van der Waals surface area contributed by atoms with Gasteiger partial charge in [0.1, 0.15) is 12.1 Å². The van der Waals surface area contributed by atoms with Gasteiger partial charge in [0, 0.05) is 12.4 Å². The zero-order valence-corrected chi connectivity index (χ0v) is 8.11. The Morgan fingerprint density at radius 3 is 1.50 bits per heavy atom. The number of hydrogen-bond donors (Lipinski definition) is 0. The lowest BCUT2D eigenvalue weighted by Crippen LogP contribution is -1.69. The molecule has 0 unspecified atom stereocenters. The van der Waals surface area contributed by atoms with Gasteiger partial charge in [0.15, 0.2) is 0 Å². The predicted molar refractivity (Wildman–Crippen MR) is 49.7 cm³/mol. The van der Waals surface area contributed by atoms with Crippen molar-refractivity contribution in [2.24, 2.45) is 0 Å². The smallest absolute Gasteiger partial charge is 0.126 e. The van der Waals surface area contributed by atoms with Crippen LogP contribution in [0.4, 0.5) is 0 Å². The van der Waals surface area contributed by atoms with Crippen LogP contribution < -0.4 is 0 Å². The lowest BCUT2D eigenvalue weighted by Gasteiger charge is -1.70. The van der Waals surface area contributed by atoms with Gasteiger partial charge in [0.25, 0.3) is 0 Å². The van der Waals surface area contributed by atoms with Crippen molar-refractivity contribution in [2.45, 2.75) is 27.7 Å². The van der Waals surface area contributed by atoms with Crippen LogP contribution in [0, 0.1) is 0 Å². The van der Waals surface area contributed by atoms with E-state index in [9.17, 15) is 4.79 Å². The summed E-state index contributed by atoms with van der Waals surface area (Å²) in [7, 11) is 0.